The Morgan fingerprint density at radius 3 is 2.89 bits per heavy atom. The van der Waals surface area contributed by atoms with Crippen LogP contribution in [0.1, 0.15) is 12.0 Å². The van der Waals surface area contributed by atoms with E-state index in [0.29, 0.717) is 10.7 Å². The topological polar surface area (TPSA) is 84.6 Å². The lowest BCUT2D eigenvalue weighted by molar-refractivity contribution is -0.121. The third-order valence-corrected chi connectivity index (χ3v) is 3.98. The minimum Gasteiger partial charge on any atom is -0.378 e. The van der Waals surface area contributed by atoms with Crippen molar-refractivity contribution >= 4 is 46.0 Å². The maximum absolute atomic E-state index is 11.8. The molecule has 0 saturated heterocycles. The molecule has 0 aromatic heterocycles. The standard InChI is InChI=1S/C12H12ClN3O2S/c1-6-4-7(2-3-8(6)13)15-10(17)5-9-11(18)16-12(14)19-9/h2-4,9H,5H2,1H3,(H,15,17)(H2,14,16,18)/t9-/m0/s1. The van der Waals surface area contributed by atoms with Gasteiger partial charge in [-0.2, -0.15) is 4.99 Å². The molecule has 2 amide bonds. The molecule has 19 heavy (non-hydrogen) atoms. The van der Waals surface area contributed by atoms with Crippen LogP contribution < -0.4 is 11.1 Å². The molecule has 0 fully saturated rings. The minimum absolute atomic E-state index is 0.0510. The van der Waals surface area contributed by atoms with Crippen molar-refractivity contribution < 1.29 is 9.59 Å². The molecule has 2 rings (SSSR count). The summed E-state index contributed by atoms with van der Waals surface area (Å²) in [6.45, 7) is 1.85. The molecule has 0 spiro atoms. The van der Waals surface area contributed by atoms with Crippen molar-refractivity contribution in [1.82, 2.24) is 0 Å². The number of nitrogens with zero attached hydrogens (tertiary/aromatic N) is 1. The number of carbonyl (C=O) groups excluding carboxylic acids is 2. The monoisotopic (exact) mass is 297 g/mol. The largest absolute Gasteiger partial charge is 0.378 e. The number of anilines is 1. The lowest BCUT2D eigenvalue weighted by Crippen LogP contribution is -2.21. The van der Waals surface area contributed by atoms with Gasteiger partial charge in [-0.25, -0.2) is 0 Å². The van der Waals surface area contributed by atoms with Crippen molar-refractivity contribution in [2.75, 3.05) is 5.32 Å². The van der Waals surface area contributed by atoms with Crippen LogP contribution >= 0.6 is 23.4 Å². The average molecular weight is 298 g/mol. The van der Waals surface area contributed by atoms with E-state index in [1.807, 2.05) is 6.92 Å². The molecule has 7 heteroatoms. The van der Waals surface area contributed by atoms with Gasteiger partial charge in [0.15, 0.2) is 5.17 Å². The van der Waals surface area contributed by atoms with Crippen LogP contribution in [0.3, 0.4) is 0 Å². The van der Waals surface area contributed by atoms with Crippen molar-refractivity contribution in [1.29, 1.82) is 0 Å². The molecule has 1 aromatic rings. The lowest BCUT2D eigenvalue weighted by Gasteiger charge is -2.09. The number of benzene rings is 1. The van der Waals surface area contributed by atoms with Crippen molar-refractivity contribution in [3.05, 3.63) is 28.8 Å². The minimum atomic E-state index is -0.520. The molecule has 0 unspecified atom stereocenters. The predicted molar refractivity (Wildman–Crippen MR) is 77.4 cm³/mol. The number of carbonyl (C=O) groups is 2. The first-order chi connectivity index (χ1) is 8.95. The molecule has 1 aliphatic rings. The Hall–Kier alpha value is -1.53. The Balaban J connectivity index is 1.95. The number of halogens is 1. The fraction of sp³-hybridized carbons (Fsp3) is 0.250. The van der Waals surface area contributed by atoms with E-state index in [1.54, 1.807) is 18.2 Å². The number of nitrogens with one attached hydrogen (secondary N) is 1. The van der Waals surface area contributed by atoms with E-state index < -0.39 is 5.25 Å². The number of nitrogens with two attached hydrogens (primary N) is 1. The Kier molecular flexibility index (Phi) is 4.11. The summed E-state index contributed by atoms with van der Waals surface area (Å²) < 4.78 is 0. The fourth-order valence-corrected chi connectivity index (χ4v) is 2.57. The van der Waals surface area contributed by atoms with Crippen LogP contribution in [0.15, 0.2) is 23.2 Å². The molecule has 1 aliphatic heterocycles. The van der Waals surface area contributed by atoms with E-state index >= 15 is 0 Å². The molecule has 100 valence electrons. The number of amidine groups is 1. The fourth-order valence-electron chi connectivity index (χ4n) is 1.63. The maximum atomic E-state index is 11.8. The number of aryl methyl sites for hydroxylation is 1. The Bertz CT molecular complexity index is 574. The number of amides is 2. The SMILES string of the molecule is Cc1cc(NC(=O)C[C@@H]2SC(N)=NC2=O)ccc1Cl. The van der Waals surface area contributed by atoms with Crippen molar-refractivity contribution in [3.8, 4) is 0 Å². The third kappa shape index (κ3) is 3.48. The zero-order valence-electron chi connectivity index (χ0n) is 10.1. The van der Waals surface area contributed by atoms with Gasteiger partial charge in [0.25, 0.3) is 5.91 Å². The van der Waals surface area contributed by atoms with Gasteiger partial charge >= 0.3 is 0 Å². The number of hydrogen-bond acceptors (Lipinski definition) is 4. The molecule has 5 nitrogen and oxygen atoms in total. The first kappa shape index (κ1) is 13.9. The third-order valence-electron chi connectivity index (χ3n) is 2.57. The van der Waals surface area contributed by atoms with E-state index in [4.69, 9.17) is 17.3 Å². The Morgan fingerprint density at radius 2 is 2.32 bits per heavy atom. The number of thioether (sulfide) groups is 1. The van der Waals surface area contributed by atoms with Gasteiger partial charge in [-0.15, -0.1) is 0 Å². The number of aliphatic imine (C=N–C) groups is 1. The Morgan fingerprint density at radius 1 is 1.58 bits per heavy atom. The lowest BCUT2D eigenvalue weighted by atomic mass is 10.2. The van der Waals surface area contributed by atoms with Crippen molar-refractivity contribution in [2.45, 2.75) is 18.6 Å². The van der Waals surface area contributed by atoms with Crippen LogP contribution in [0.25, 0.3) is 0 Å². The summed E-state index contributed by atoms with van der Waals surface area (Å²) in [7, 11) is 0. The molecule has 0 saturated carbocycles. The van der Waals surface area contributed by atoms with Crippen LogP contribution in [-0.2, 0) is 9.59 Å². The smallest absolute Gasteiger partial charge is 0.262 e. The zero-order chi connectivity index (χ0) is 14.0. The van der Waals surface area contributed by atoms with Crippen molar-refractivity contribution in [3.63, 3.8) is 0 Å². The van der Waals surface area contributed by atoms with Crippen LogP contribution in [0.2, 0.25) is 5.02 Å². The summed E-state index contributed by atoms with van der Waals surface area (Å²) in [6.07, 6.45) is 0.0510. The molecule has 1 aromatic carbocycles. The quantitative estimate of drug-likeness (QED) is 0.893. The van der Waals surface area contributed by atoms with Crippen LogP contribution in [0.5, 0.6) is 0 Å². The summed E-state index contributed by atoms with van der Waals surface area (Å²) in [4.78, 5) is 26.8. The summed E-state index contributed by atoms with van der Waals surface area (Å²) in [6, 6.07) is 5.19. The molecule has 3 N–H and O–H groups in total. The zero-order valence-corrected chi connectivity index (χ0v) is 11.7. The summed E-state index contributed by atoms with van der Waals surface area (Å²) >= 11 is 7.01. The molecule has 1 atom stereocenters. The van der Waals surface area contributed by atoms with Gasteiger partial charge < -0.3 is 11.1 Å². The van der Waals surface area contributed by atoms with E-state index in [1.165, 1.54) is 0 Å². The van der Waals surface area contributed by atoms with E-state index in [0.717, 1.165) is 17.3 Å². The van der Waals surface area contributed by atoms with Crippen LogP contribution in [-0.4, -0.2) is 22.2 Å². The van der Waals surface area contributed by atoms with E-state index in [2.05, 4.69) is 10.3 Å². The first-order valence-electron chi connectivity index (χ1n) is 5.56. The second-order valence-electron chi connectivity index (χ2n) is 4.11. The van der Waals surface area contributed by atoms with Crippen molar-refractivity contribution in [2.24, 2.45) is 10.7 Å². The van der Waals surface area contributed by atoms with Crippen LogP contribution in [0.4, 0.5) is 5.69 Å². The van der Waals surface area contributed by atoms with Gasteiger partial charge in [0.1, 0.15) is 5.25 Å². The highest BCUT2D eigenvalue weighted by atomic mass is 35.5. The molecule has 0 radical (unpaired) electrons. The molecule has 0 aliphatic carbocycles. The molecule has 0 bridgehead atoms. The second-order valence-corrected chi connectivity index (χ2v) is 5.74. The second kappa shape index (κ2) is 5.63. The summed E-state index contributed by atoms with van der Waals surface area (Å²) in [5.74, 6) is -0.609. The highest BCUT2D eigenvalue weighted by Crippen LogP contribution is 2.24. The van der Waals surface area contributed by atoms with Crippen LogP contribution in [0, 0.1) is 6.92 Å². The molecular formula is C12H12ClN3O2S. The van der Waals surface area contributed by atoms with Gasteiger partial charge in [0, 0.05) is 17.1 Å². The highest BCUT2D eigenvalue weighted by Gasteiger charge is 2.29. The van der Waals surface area contributed by atoms with Gasteiger partial charge in [-0.1, -0.05) is 23.4 Å². The first-order valence-corrected chi connectivity index (χ1v) is 6.82. The normalized spacial score (nSPS) is 18.3. The molecule has 1 heterocycles. The van der Waals surface area contributed by atoms with Gasteiger partial charge in [0.05, 0.1) is 0 Å². The average Bonchev–Trinajstić information content (AvgIpc) is 2.62. The maximum Gasteiger partial charge on any atom is 0.262 e. The number of rotatable bonds is 3. The van der Waals surface area contributed by atoms with E-state index in [-0.39, 0.29) is 23.4 Å². The van der Waals surface area contributed by atoms with Gasteiger partial charge in [-0.3, -0.25) is 9.59 Å². The van der Waals surface area contributed by atoms with Gasteiger partial charge in [-0.05, 0) is 30.7 Å². The Labute approximate surface area is 119 Å². The summed E-state index contributed by atoms with van der Waals surface area (Å²) in [5, 5.41) is 3.05. The highest BCUT2D eigenvalue weighted by molar-refractivity contribution is 8.15. The van der Waals surface area contributed by atoms with Gasteiger partial charge in [0.2, 0.25) is 5.91 Å². The predicted octanol–water partition coefficient (Wildman–Crippen LogP) is 1.93. The summed E-state index contributed by atoms with van der Waals surface area (Å²) in [5.41, 5.74) is 6.95. The van der Waals surface area contributed by atoms with E-state index in [9.17, 15) is 9.59 Å². The number of hydrogen-bond donors (Lipinski definition) is 2. The molecular weight excluding hydrogens is 286 g/mol.